The second kappa shape index (κ2) is 5.85. The number of nitrogens with one attached hydrogen (secondary N) is 1. The van der Waals surface area contributed by atoms with Gasteiger partial charge in [0.15, 0.2) is 0 Å². The topological polar surface area (TPSA) is 39.1 Å². The maximum Gasteiger partial charge on any atom is 0.108 e. The molecule has 2 rings (SSSR count). The molecule has 0 saturated carbocycles. The van der Waals surface area contributed by atoms with Crippen LogP contribution in [0.3, 0.4) is 0 Å². The molecule has 0 radical (unpaired) electrons. The lowest BCUT2D eigenvalue weighted by molar-refractivity contribution is 0.0585. The van der Waals surface area contributed by atoms with E-state index in [4.69, 9.17) is 4.74 Å². The van der Waals surface area contributed by atoms with Gasteiger partial charge >= 0.3 is 0 Å². The minimum absolute atomic E-state index is 0.280. The van der Waals surface area contributed by atoms with Crippen molar-refractivity contribution in [3.05, 3.63) is 18.2 Å². The molecule has 0 aliphatic carbocycles. The van der Waals surface area contributed by atoms with Crippen LogP contribution in [-0.2, 0) is 18.2 Å². The fraction of sp³-hybridized carbons (Fsp3) is 0.786. The van der Waals surface area contributed by atoms with Crippen molar-refractivity contribution in [3.8, 4) is 0 Å². The van der Waals surface area contributed by atoms with E-state index < -0.39 is 0 Å². The summed E-state index contributed by atoms with van der Waals surface area (Å²) in [5.74, 6) is 1.17. The van der Waals surface area contributed by atoms with Gasteiger partial charge in [-0.2, -0.15) is 0 Å². The average Bonchev–Trinajstić information content (AvgIpc) is 2.92. The Morgan fingerprint density at radius 1 is 1.61 bits per heavy atom. The van der Waals surface area contributed by atoms with Gasteiger partial charge in [0, 0.05) is 44.4 Å². The first-order valence-corrected chi connectivity index (χ1v) is 6.96. The highest BCUT2D eigenvalue weighted by atomic mass is 16.5. The van der Waals surface area contributed by atoms with Gasteiger partial charge in [-0.05, 0) is 26.3 Å². The molecule has 1 aliphatic heterocycles. The van der Waals surface area contributed by atoms with Gasteiger partial charge < -0.3 is 14.6 Å². The number of nitrogens with zero attached hydrogens (tertiary/aromatic N) is 2. The van der Waals surface area contributed by atoms with Crippen LogP contribution in [0.25, 0.3) is 0 Å². The lowest BCUT2D eigenvalue weighted by Crippen LogP contribution is -2.40. The molecule has 0 bridgehead atoms. The zero-order chi connectivity index (χ0) is 13.0. The summed E-state index contributed by atoms with van der Waals surface area (Å²) in [4.78, 5) is 4.41. The van der Waals surface area contributed by atoms with Gasteiger partial charge in [-0.25, -0.2) is 4.98 Å². The first-order chi connectivity index (χ1) is 8.68. The van der Waals surface area contributed by atoms with E-state index in [2.05, 4.69) is 35.8 Å². The molecule has 0 amide bonds. The molecule has 1 aliphatic rings. The van der Waals surface area contributed by atoms with Gasteiger partial charge in [0.25, 0.3) is 0 Å². The summed E-state index contributed by atoms with van der Waals surface area (Å²) in [6.07, 6.45) is 7.57. The predicted molar refractivity (Wildman–Crippen MR) is 72.5 cm³/mol. The van der Waals surface area contributed by atoms with Gasteiger partial charge in [-0.3, -0.25) is 0 Å². The Kier molecular flexibility index (Phi) is 4.40. The number of aromatic nitrogens is 2. The second-order valence-electron chi connectivity index (χ2n) is 5.36. The summed E-state index contributed by atoms with van der Waals surface area (Å²) in [5, 5.41) is 3.50. The van der Waals surface area contributed by atoms with Gasteiger partial charge in [-0.1, -0.05) is 6.92 Å². The number of hydrogen-bond acceptors (Lipinski definition) is 3. The SMILES string of the molecule is CCNCC1(CCc2nccn2C)CCOC1C. The molecule has 1 aromatic rings. The van der Waals surface area contributed by atoms with Gasteiger partial charge in [-0.15, -0.1) is 0 Å². The van der Waals surface area contributed by atoms with E-state index in [0.29, 0.717) is 6.10 Å². The average molecular weight is 251 g/mol. The molecule has 1 fully saturated rings. The smallest absolute Gasteiger partial charge is 0.108 e. The fourth-order valence-corrected chi connectivity index (χ4v) is 2.84. The van der Waals surface area contributed by atoms with Crippen LogP contribution in [0.5, 0.6) is 0 Å². The van der Waals surface area contributed by atoms with E-state index in [1.807, 2.05) is 12.4 Å². The third-order valence-electron chi connectivity index (χ3n) is 4.32. The molecule has 102 valence electrons. The molecule has 2 heterocycles. The molecule has 18 heavy (non-hydrogen) atoms. The van der Waals surface area contributed by atoms with Crippen LogP contribution in [0.1, 0.15) is 32.5 Å². The van der Waals surface area contributed by atoms with Crippen LogP contribution in [0.4, 0.5) is 0 Å². The number of aryl methyl sites for hydroxylation is 2. The summed E-state index contributed by atoms with van der Waals surface area (Å²) in [5.41, 5.74) is 0.280. The fourth-order valence-electron chi connectivity index (χ4n) is 2.84. The number of imidazole rings is 1. The van der Waals surface area contributed by atoms with Crippen molar-refractivity contribution in [2.24, 2.45) is 12.5 Å². The Balaban J connectivity index is 1.99. The Morgan fingerprint density at radius 2 is 2.44 bits per heavy atom. The van der Waals surface area contributed by atoms with Gasteiger partial charge in [0.1, 0.15) is 5.82 Å². The third-order valence-corrected chi connectivity index (χ3v) is 4.32. The van der Waals surface area contributed by atoms with Crippen LogP contribution in [-0.4, -0.2) is 35.4 Å². The lowest BCUT2D eigenvalue weighted by Gasteiger charge is -2.32. The van der Waals surface area contributed by atoms with Crippen LogP contribution >= 0.6 is 0 Å². The van der Waals surface area contributed by atoms with E-state index >= 15 is 0 Å². The minimum atomic E-state index is 0.280. The molecule has 4 nitrogen and oxygen atoms in total. The highest BCUT2D eigenvalue weighted by molar-refractivity contribution is 4.97. The van der Waals surface area contributed by atoms with E-state index in [1.54, 1.807) is 0 Å². The molecule has 0 aromatic carbocycles. The summed E-state index contributed by atoms with van der Waals surface area (Å²) in [7, 11) is 2.06. The highest BCUT2D eigenvalue weighted by Crippen LogP contribution is 2.38. The quantitative estimate of drug-likeness (QED) is 0.837. The van der Waals surface area contributed by atoms with Crippen LogP contribution < -0.4 is 5.32 Å². The van der Waals surface area contributed by atoms with E-state index in [0.717, 1.165) is 39.0 Å². The number of hydrogen-bond donors (Lipinski definition) is 1. The molecule has 1 saturated heterocycles. The van der Waals surface area contributed by atoms with Crippen LogP contribution in [0.15, 0.2) is 12.4 Å². The van der Waals surface area contributed by atoms with Crippen LogP contribution in [0.2, 0.25) is 0 Å². The van der Waals surface area contributed by atoms with Crippen molar-refractivity contribution in [3.63, 3.8) is 0 Å². The largest absolute Gasteiger partial charge is 0.378 e. The Morgan fingerprint density at radius 3 is 3.00 bits per heavy atom. The van der Waals surface area contributed by atoms with Crippen molar-refractivity contribution in [2.75, 3.05) is 19.7 Å². The van der Waals surface area contributed by atoms with E-state index in [-0.39, 0.29) is 5.41 Å². The Hall–Kier alpha value is -0.870. The van der Waals surface area contributed by atoms with E-state index in [9.17, 15) is 0 Å². The first kappa shape index (κ1) is 13.6. The summed E-state index contributed by atoms with van der Waals surface area (Å²) in [6.45, 7) is 7.34. The monoisotopic (exact) mass is 251 g/mol. The molecule has 2 unspecified atom stereocenters. The van der Waals surface area contributed by atoms with Gasteiger partial charge in [0.2, 0.25) is 0 Å². The van der Waals surface area contributed by atoms with Crippen molar-refractivity contribution in [2.45, 2.75) is 39.2 Å². The highest BCUT2D eigenvalue weighted by Gasteiger charge is 2.40. The molecule has 4 heteroatoms. The van der Waals surface area contributed by atoms with Crippen molar-refractivity contribution >= 4 is 0 Å². The molecule has 2 atom stereocenters. The first-order valence-electron chi connectivity index (χ1n) is 6.96. The Bertz CT molecular complexity index is 377. The summed E-state index contributed by atoms with van der Waals surface area (Å²) < 4.78 is 7.91. The molecular weight excluding hydrogens is 226 g/mol. The van der Waals surface area contributed by atoms with E-state index in [1.165, 1.54) is 5.82 Å². The van der Waals surface area contributed by atoms with Crippen molar-refractivity contribution in [1.29, 1.82) is 0 Å². The number of ether oxygens (including phenoxy) is 1. The van der Waals surface area contributed by atoms with Crippen molar-refractivity contribution < 1.29 is 4.74 Å². The summed E-state index contributed by atoms with van der Waals surface area (Å²) in [6, 6.07) is 0. The zero-order valence-electron chi connectivity index (χ0n) is 11.8. The normalized spacial score (nSPS) is 27.8. The Labute approximate surface area is 110 Å². The number of rotatable bonds is 6. The predicted octanol–water partition coefficient (Wildman–Crippen LogP) is 1.76. The maximum atomic E-state index is 5.80. The lowest BCUT2D eigenvalue weighted by atomic mass is 9.77. The second-order valence-corrected chi connectivity index (χ2v) is 5.36. The molecule has 0 spiro atoms. The molecule has 1 N–H and O–H groups in total. The standard InChI is InChI=1S/C14H25N3O/c1-4-15-11-14(7-10-18-12(14)2)6-5-13-16-8-9-17(13)3/h8-9,12,15H,4-7,10-11H2,1-3H3. The molecular formula is C14H25N3O. The van der Waals surface area contributed by atoms with Crippen molar-refractivity contribution in [1.82, 2.24) is 14.9 Å². The van der Waals surface area contributed by atoms with Crippen LogP contribution in [0, 0.1) is 5.41 Å². The zero-order valence-corrected chi connectivity index (χ0v) is 11.8. The summed E-state index contributed by atoms with van der Waals surface area (Å²) >= 11 is 0. The third kappa shape index (κ3) is 2.75. The maximum absolute atomic E-state index is 5.80. The minimum Gasteiger partial charge on any atom is -0.378 e. The molecule has 1 aromatic heterocycles. The van der Waals surface area contributed by atoms with Gasteiger partial charge in [0.05, 0.1) is 6.10 Å².